The number of nitrogens with zero attached hydrogens (tertiary/aromatic N) is 2. The zero-order chi connectivity index (χ0) is 35.2. The number of alkyl halides is 3. The Kier molecular flexibility index (Phi) is 7.99. The van der Waals surface area contributed by atoms with Gasteiger partial charge in [0, 0.05) is 40.9 Å². The van der Waals surface area contributed by atoms with Crippen LogP contribution in [0.4, 0.5) is 24.5 Å². The molecule has 9 rings (SSSR count). The third-order valence-electron chi connectivity index (χ3n) is 10.7. The molecule has 254 valence electrons. The van der Waals surface area contributed by atoms with Crippen molar-refractivity contribution in [2.24, 2.45) is 11.8 Å². The molecule has 0 fully saturated rings. The molecular weight excluding hydrogens is 650 g/mol. The molecule has 0 spiro atoms. The molecule has 1 aromatic heterocycles. The van der Waals surface area contributed by atoms with E-state index < -0.39 is 11.7 Å². The standard InChI is InChI=1S/C47H35F3N2/c48-47(49,50)42-19-6-7-20-44(42)52(43-21-9-14-32-11-4-5-17-38(32)43)37-25-22-31(23-26-37)34-15-8-16-35(29-34)36-24-27-39-41(30-36)40-18-10-28-51-46(40)45(39)33-12-2-1-3-13-33/h1-13,15-26,28-30,32,39,45H,14,27H2. The van der Waals surface area contributed by atoms with E-state index in [0.717, 1.165) is 52.6 Å². The molecule has 0 amide bonds. The fourth-order valence-electron chi connectivity index (χ4n) is 8.35. The van der Waals surface area contributed by atoms with E-state index in [1.54, 1.807) is 17.0 Å². The zero-order valence-electron chi connectivity index (χ0n) is 28.3. The summed E-state index contributed by atoms with van der Waals surface area (Å²) in [5.41, 5.74) is 11.2. The molecule has 0 bridgehead atoms. The third kappa shape index (κ3) is 5.67. The molecule has 0 N–H and O–H groups in total. The van der Waals surface area contributed by atoms with E-state index in [-0.39, 0.29) is 17.5 Å². The Morgan fingerprint density at radius 2 is 1.52 bits per heavy atom. The maximum absolute atomic E-state index is 14.4. The van der Waals surface area contributed by atoms with Crippen molar-refractivity contribution >= 4 is 22.5 Å². The minimum atomic E-state index is -4.51. The van der Waals surface area contributed by atoms with Crippen molar-refractivity contribution in [2.45, 2.75) is 24.9 Å². The molecule has 0 radical (unpaired) electrons. The lowest BCUT2D eigenvalue weighted by atomic mass is 9.79. The van der Waals surface area contributed by atoms with Gasteiger partial charge >= 0.3 is 6.18 Å². The highest BCUT2D eigenvalue weighted by Crippen LogP contribution is 2.53. The van der Waals surface area contributed by atoms with Gasteiger partial charge in [0.15, 0.2) is 0 Å². The van der Waals surface area contributed by atoms with Gasteiger partial charge in [0.2, 0.25) is 0 Å². The van der Waals surface area contributed by atoms with Crippen molar-refractivity contribution in [2.75, 3.05) is 4.90 Å². The van der Waals surface area contributed by atoms with Crippen LogP contribution in [0.5, 0.6) is 0 Å². The van der Waals surface area contributed by atoms with Crippen molar-refractivity contribution < 1.29 is 13.2 Å². The third-order valence-corrected chi connectivity index (χ3v) is 10.7. The van der Waals surface area contributed by atoms with Crippen molar-refractivity contribution in [1.82, 2.24) is 4.98 Å². The van der Waals surface area contributed by atoms with E-state index in [1.807, 2.05) is 60.8 Å². The average molecular weight is 685 g/mol. The molecule has 3 atom stereocenters. The predicted octanol–water partition coefficient (Wildman–Crippen LogP) is 12.5. The van der Waals surface area contributed by atoms with E-state index in [9.17, 15) is 13.2 Å². The molecule has 1 heterocycles. The molecule has 5 heteroatoms. The second-order valence-corrected chi connectivity index (χ2v) is 13.7. The highest BCUT2D eigenvalue weighted by Gasteiger charge is 2.39. The molecule has 52 heavy (non-hydrogen) atoms. The first-order valence-corrected chi connectivity index (χ1v) is 17.8. The van der Waals surface area contributed by atoms with Crippen LogP contribution in [0, 0.1) is 11.8 Å². The lowest BCUT2D eigenvalue weighted by Gasteiger charge is -2.34. The van der Waals surface area contributed by atoms with Crippen LogP contribution in [0.25, 0.3) is 22.3 Å². The summed E-state index contributed by atoms with van der Waals surface area (Å²) in [6.45, 7) is 0. The number of halogens is 3. The molecule has 0 saturated heterocycles. The molecule has 4 aliphatic carbocycles. The summed E-state index contributed by atoms with van der Waals surface area (Å²) >= 11 is 0. The Hall–Kier alpha value is -5.94. The average Bonchev–Trinajstić information content (AvgIpc) is 3.52. The summed E-state index contributed by atoms with van der Waals surface area (Å²) in [6.07, 6.45) is 15.9. The van der Waals surface area contributed by atoms with Crippen LogP contribution in [-0.4, -0.2) is 4.98 Å². The number of aromatic nitrogens is 1. The van der Waals surface area contributed by atoms with E-state index in [4.69, 9.17) is 4.98 Å². The number of anilines is 2. The van der Waals surface area contributed by atoms with Gasteiger partial charge < -0.3 is 4.90 Å². The number of pyridine rings is 1. The number of benzene rings is 4. The Balaban J connectivity index is 1.06. The summed E-state index contributed by atoms with van der Waals surface area (Å²) in [5.74, 6) is 0.679. The van der Waals surface area contributed by atoms with Gasteiger partial charge in [-0.05, 0) is 94.3 Å². The summed E-state index contributed by atoms with van der Waals surface area (Å²) in [4.78, 5) is 6.62. The largest absolute Gasteiger partial charge is 0.418 e. The topological polar surface area (TPSA) is 16.1 Å². The lowest BCUT2D eigenvalue weighted by Crippen LogP contribution is -2.24. The first-order valence-electron chi connectivity index (χ1n) is 17.8. The smallest absolute Gasteiger partial charge is 0.310 e. The Morgan fingerprint density at radius 3 is 2.37 bits per heavy atom. The van der Waals surface area contributed by atoms with Crippen molar-refractivity contribution in [1.29, 1.82) is 0 Å². The van der Waals surface area contributed by atoms with Crippen LogP contribution in [-0.2, 0) is 6.18 Å². The van der Waals surface area contributed by atoms with Crippen LogP contribution < -0.4 is 4.90 Å². The molecular formula is C47H35F3N2. The van der Waals surface area contributed by atoms with Gasteiger partial charge in [0.25, 0.3) is 0 Å². The Morgan fingerprint density at radius 1 is 0.712 bits per heavy atom. The van der Waals surface area contributed by atoms with Gasteiger partial charge in [0.1, 0.15) is 0 Å². The fourth-order valence-corrected chi connectivity index (χ4v) is 8.35. The van der Waals surface area contributed by atoms with Gasteiger partial charge in [-0.25, -0.2) is 0 Å². The first kappa shape index (κ1) is 32.0. The van der Waals surface area contributed by atoms with E-state index in [2.05, 4.69) is 85.0 Å². The molecule has 2 nitrogen and oxygen atoms in total. The van der Waals surface area contributed by atoms with Gasteiger partial charge in [0.05, 0.1) is 16.9 Å². The monoisotopic (exact) mass is 684 g/mol. The number of fused-ring (bicyclic) bond motifs is 4. The summed E-state index contributed by atoms with van der Waals surface area (Å²) in [6, 6.07) is 37.2. The summed E-state index contributed by atoms with van der Waals surface area (Å²) in [7, 11) is 0. The van der Waals surface area contributed by atoms with Crippen LogP contribution >= 0.6 is 0 Å². The Bertz CT molecular complexity index is 2360. The number of para-hydroxylation sites is 1. The van der Waals surface area contributed by atoms with Crippen LogP contribution in [0.2, 0.25) is 0 Å². The normalized spacial score (nSPS) is 20.2. The molecule has 4 aliphatic rings. The van der Waals surface area contributed by atoms with E-state index in [0.29, 0.717) is 11.6 Å². The molecule has 3 unspecified atom stereocenters. The quantitative estimate of drug-likeness (QED) is 0.177. The number of hydrogen-bond donors (Lipinski definition) is 0. The summed E-state index contributed by atoms with van der Waals surface area (Å²) in [5, 5.41) is 0. The minimum Gasteiger partial charge on any atom is -0.310 e. The van der Waals surface area contributed by atoms with Crippen molar-refractivity contribution in [3.05, 3.63) is 209 Å². The highest BCUT2D eigenvalue weighted by atomic mass is 19.4. The maximum atomic E-state index is 14.4. The van der Waals surface area contributed by atoms with Gasteiger partial charge in [-0.1, -0.05) is 121 Å². The molecule has 0 aliphatic heterocycles. The number of rotatable bonds is 6. The van der Waals surface area contributed by atoms with Gasteiger partial charge in [-0.15, -0.1) is 0 Å². The Labute approximate surface area is 302 Å². The predicted molar refractivity (Wildman–Crippen MR) is 205 cm³/mol. The molecule has 4 aromatic carbocycles. The lowest BCUT2D eigenvalue weighted by molar-refractivity contribution is -0.137. The summed E-state index contributed by atoms with van der Waals surface area (Å²) < 4.78 is 43.3. The van der Waals surface area contributed by atoms with Gasteiger partial charge in [-0.3, -0.25) is 4.98 Å². The van der Waals surface area contributed by atoms with Crippen molar-refractivity contribution in [3.63, 3.8) is 0 Å². The SMILES string of the molecule is FC(F)(F)c1ccccc1N(C1=C2C=CC=CC2CC=C1)c1ccc(-c2cccc(C3=CCC4C(=C3)c3cccnc3C4c3ccccc3)c2)cc1. The maximum Gasteiger partial charge on any atom is 0.418 e. The number of hydrogen-bond acceptors (Lipinski definition) is 2. The van der Waals surface area contributed by atoms with Gasteiger partial charge in [-0.2, -0.15) is 13.2 Å². The zero-order valence-corrected chi connectivity index (χ0v) is 28.3. The minimum absolute atomic E-state index is 0.106. The first-order chi connectivity index (χ1) is 25.4. The van der Waals surface area contributed by atoms with Crippen LogP contribution in [0.15, 0.2) is 181 Å². The second kappa shape index (κ2) is 13.0. The van der Waals surface area contributed by atoms with E-state index >= 15 is 0 Å². The van der Waals surface area contributed by atoms with E-state index in [1.165, 1.54) is 28.3 Å². The highest BCUT2D eigenvalue weighted by molar-refractivity contribution is 5.91. The molecule has 0 saturated carbocycles. The number of allylic oxidation sites excluding steroid dienone is 11. The second-order valence-electron chi connectivity index (χ2n) is 13.7. The van der Waals surface area contributed by atoms with Crippen molar-refractivity contribution in [3.8, 4) is 11.1 Å². The fraction of sp³-hybridized carbons (Fsp3) is 0.128. The molecule has 5 aromatic rings. The van der Waals surface area contributed by atoms with Crippen LogP contribution in [0.1, 0.15) is 46.7 Å². The van der Waals surface area contributed by atoms with Crippen LogP contribution in [0.3, 0.4) is 0 Å².